The van der Waals surface area contributed by atoms with Crippen LogP contribution in [-0.2, 0) is 4.79 Å². The first-order valence-corrected chi connectivity index (χ1v) is 6.50. The Bertz CT molecular complexity index is 276. The van der Waals surface area contributed by atoms with E-state index >= 15 is 0 Å². The topological polar surface area (TPSA) is 81.7 Å². The van der Waals surface area contributed by atoms with E-state index in [2.05, 4.69) is 22.6 Å². The lowest BCUT2D eigenvalue weighted by molar-refractivity contribution is -0.136. The number of urea groups is 1. The number of rotatable bonds is 6. The normalized spacial score (nSPS) is 17.4. The van der Waals surface area contributed by atoms with Crippen molar-refractivity contribution in [1.29, 1.82) is 0 Å². The van der Waals surface area contributed by atoms with E-state index < -0.39 is 5.97 Å². The number of hydrogen-bond donors (Lipinski definition) is 3. The van der Waals surface area contributed by atoms with Crippen LogP contribution in [0.2, 0.25) is 0 Å². The molecule has 2 amide bonds. The molecule has 1 heterocycles. The summed E-state index contributed by atoms with van der Waals surface area (Å²) in [6.07, 6.45) is 3.35. The molecule has 0 radical (unpaired) electrons. The van der Waals surface area contributed by atoms with Gasteiger partial charge in [-0.2, -0.15) is 0 Å². The lowest BCUT2D eigenvalue weighted by atomic mass is 9.94. The van der Waals surface area contributed by atoms with Crippen LogP contribution in [0.5, 0.6) is 0 Å². The van der Waals surface area contributed by atoms with Gasteiger partial charge in [0.15, 0.2) is 0 Å². The highest BCUT2D eigenvalue weighted by Gasteiger charge is 2.16. The zero-order valence-electron chi connectivity index (χ0n) is 10.9. The number of carboxylic acids is 1. The summed E-state index contributed by atoms with van der Waals surface area (Å²) in [5.74, 6) is -0.206. The van der Waals surface area contributed by atoms with E-state index in [0.29, 0.717) is 12.5 Å². The molecule has 18 heavy (non-hydrogen) atoms. The predicted molar refractivity (Wildman–Crippen MR) is 68.5 cm³/mol. The van der Waals surface area contributed by atoms with Gasteiger partial charge in [-0.15, -0.1) is 0 Å². The third kappa shape index (κ3) is 6.44. The summed E-state index contributed by atoms with van der Waals surface area (Å²) in [6, 6.07) is -0.274. The van der Waals surface area contributed by atoms with Gasteiger partial charge in [-0.1, -0.05) is 0 Å². The van der Waals surface area contributed by atoms with Gasteiger partial charge in [-0.25, -0.2) is 4.79 Å². The fourth-order valence-electron chi connectivity index (χ4n) is 2.09. The number of likely N-dealkylation sites (tertiary alicyclic amines) is 1. The Morgan fingerprint density at radius 2 is 1.83 bits per heavy atom. The van der Waals surface area contributed by atoms with E-state index in [0.717, 1.165) is 19.5 Å². The summed E-state index contributed by atoms with van der Waals surface area (Å²) >= 11 is 0. The van der Waals surface area contributed by atoms with Crippen molar-refractivity contribution in [3.05, 3.63) is 0 Å². The molecule has 6 heteroatoms. The molecule has 0 aromatic rings. The molecule has 1 aliphatic heterocycles. The summed E-state index contributed by atoms with van der Waals surface area (Å²) in [4.78, 5) is 23.9. The Kier molecular flexibility index (Phi) is 6.49. The zero-order valence-corrected chi connectivity index (χ0v) is 10.9. The largest absolute Gasteiger partial charge is 0.481 e. The van der Waals surface area contributed by atoms with Crippen LogP contribution < -0.4 is 10.6 Å². The fraction of sp³-hybridized carbons (Fsp3) is 0.833. The van der Waals surface area contributed by atoms with E-state index in [1.165, 1.54) is 12.8 Å². The molecule has 0 aliphatic carbocycles. The Morgan fingerprint density at radius 1 is 1.22 bits per heavy atom. The first kappa shape index (κ1) is 14.8. The molecule has 0 atom stereocenters. The first-order valence-electron chi connectivity index (χ1n) is 6.50. The van der Waals surface area contributed by atoms with Gasteiger partial charge >= 0.3 is 12.0 Å². The third-order valence-electron chi connectivity index (χ3n) is 3.30. The van der Waals surface area contributed by atoms with E-state index in [9.17, 15) is 9.59 Å². The minimum absolute atomic E-state index is 0.0393. The van der Waals surface area contributed by atoms with Gasteiger partial charge in [0, 0.05) is 13.1 Å². The number of carbonyl (C=O) groups excluding carboxylic acids is 1. The quantitative estimate of drug-likeness (QED) is 0.647. The summed E-state index contributed by atoms with van der Waals surface area (Å²) in [7, 11) is 2.13. The van der Waals surface area contributed by atoms with Crippen molar-refractivity contribution in [3.8, 4) is 0 Å². The minimum Gasteiger partial charge on any atom is -0.481 e. The summed E-state index contributed by atoms with van der Waals surface area (Å²) < 4.78 is 0. The standard InChI is InChI=1S/C12H23N3O3/c1-15-8-4-10(5-9-15)2-6-13-12(18)14-7-3-11(16)17/h10H,2-9H2,1H3,(H,16,17)(H2,13,14,18). The molecule has 0 aromatic heterocycles. The van der Waals surface area contributed by atoms with Gasteiger partial charge in [0.25, 0.3) is 0 Å². The van der Waals surface area contributed by atoms with Crippen LogP contribution in [0.1, 0.15) is 25.7 Å². The van der Waals surface area contributed by atoms with E-state index in [1.807, 2.05) is 0 Å². The summed E-state index contributed by atoms with van der Waals surface area (Å²) in [5, 5.41) is 13.7. The molecule has 0 unspecified atom stereocenters. The SMILES string of the molecule is CN1CCC(CCNC(=O)NCCC(=O)O)CC1. The van der Waals surface area contributed by atoms with Gasteiger partial charge < -0.3 is 20.6 Å². The summed E-state index contributed by atoms with van der Waals surface area (Å²) in [5.41, 5.74) is 0. The Labute approximate surface area is 108 Å². The fourth-order valence-corrected chi connectivity index (χ4v) is 2.09. The zero-order chi connectivity index (χ0) is 13.4. The van der Waals surface area contributed by atoms with Crippen LogP contribution in [-0.4, -0.2) is 55.2 Å². The van der Waals surface area contributed by atoms with Crippen molar-refractivity contribution in [2.24, 2.45) is 5.92 Å². The number of aliphatic carboxylic acids is 1. The second-order valence-corrected chi connectivity index (χ2v) is 4.86. The highest BCUT2D eigenvalue weighted by Crippen LogP contribution is 2.18. The number of amides is 2. The molecule has 3 N–H and O–H groups in total. The average Bonchev–Trinajstić information content (AvgIpc) is 2.31. The van der Waals surface area contributed by atoms with Crippen LogP contribution >= 0.6 is 0 Å². The maximum atomic E-state index is 11.3. The van der Waals surface area contributed by atoms with Crippen molar-refractivity contribution < 1.29 is 14.7 Å². The lowest BCUT2D eigenvalue weighted by Gasteiger charge is -2.28. The second kappa shape index (κ2) is 7.92. The average molecular weight is 257 g/mol. The van der Waals surface area contributed by atoms with Gasteiger partial charge in [-0.05, 0) is 45.3 Å². The van der Waals surface area contributed by atoms with E-state index in [1.54, 1.807) is 0 Å². The molecule has 0 spiro atoms. The molecular formula is C12H23N3O3. The number of hydrogen-bond acceptors (Lipinski definition) is 3. The van der Waals surface area contributed by atoms with Crippen LogP contribution in [0.25, 0.3) is 0 Å². The van der Waals surface area contributed by atoms with Crippen LogP contribution in [0.15, 0.2) is 0 Å². The molecule has 1 fully saturated rings. The number of carboxylic acid groups (broad SMARTS) is 1. The molecule has 1 aliphatic rings. The van der Waals surface area contributed by atoms with Gasteiger partial charge in [0.2, 0.25) is 0 Å². The molecule has 6 nitrogen and oxygen atoms in total. The molecule has 1 rings (SSSR count). The Morgan fingerprint density at radius 3 is 2.44 bits per heavy atom. The monoisotopic (exact) mass is 257 g/mol. The first-order chi connectivity index (χ1) is 8.58. The van der Waals surface area contributed by atoms with Crippen LogP contribution in [0, 0.1) is 5.92 Å². The van der Waals surface area contributed by atoms with Crippen molar-refractivity contribution >= 4 is 12.0 Å². The second-order valence-electron chi connectivity index (χ2n) is 4.86. The molecule has 104 valence electrons. The van der Waals surface area contributed by atoms with E-state index in [-0.39, 0.29) is 19.0 Å². The minimum atomic E-state index is -0.901. The molecule has 0 aromatic carbocycles. The van der Waals surface area contributed by atoms with Crippen molar-refractivity contribution in [2.45, 2.75) is 25.7 Å². The molecule has 0 saturated carbocycles. The van der Waals surface area contributed by atoms with Crippen LogP contribution in [0.4, 0.5) is 4.79 Å². The third-order valence-corrected chi connectivity index (χ3v) is 3.30. The maximum absolute atomic E-state index is 11.3. The summed E-state index contributed by atoms with van der Waals surface area (Å²) in [6.45, 7) is 3.10. The number of nitrogens with zero attached hydrogens (tertiary/aromatic N) is 1. The smallest absolute Gasteiger partial charge is 0.314 e. The van der Waals surface area contributed by atoms with Crippen molar-refractivity contribution in [1.82, 2.24) is 15.5 Å². The number of nitrogens with one attached hydrogen (secondary N) is 2. The number of carbonyl (C=O) groups is 2. The van der Waals surface area contributed by atoms with Crippen molar-refractivity contribution in [2.75, 3.05) is 33.2 Å². The van der Waals surface area contributed by atoms with Crippen molar-refractivity contribution in [3.63, 3.8) is 0 Å². The lowest BCUT2D eigenvalue weighted by Crippen LogP contribution is -2.38. The maximum Gasteiger partial charge on any atom is 0.314 e. The van der Waals surface area contributed by atoms with Gasteiger partial charge in [0.05, 0.1) is 6.42 Å². The Hall–Kier alpha value is -1.30. The molecule has 0 bridgehead atoms. The highest BCUT2D eigenvalue weighted by molar-refractivity contribution is 5.74. The van der Waals surface area contributed by atoms with Crippen LogP contribution in [0.3, 0.4) is 0 Å². The Balaban J connectivity index is 2.00. The highest BCUT2D eigenvalue weighted by atomic mass is 16.4. The molecular weight excluding hydrogens is 234 g/mol. The predicted octanol–water partition coefficient (Wildman–Crippen LogP) is 0.492. The van der Waals surface area contributed by atoms with Gasteiger partial charge in [-0.3, -0.25) is 4.79 Å². The number of piperidine rings is 1. The molecule has 1 saturated heterocycles. The van der Waals surface area contributed by atoms with E-state index in [4.69, 9.17) is 5.11 Å². The van der Waals surface area contributed by atoms with Gasteiger partial charge in [0.1, 0.15) is 0 Å².